The molecule has 2 aromatic carbocycles. The van der Waals surface area contributed by atoms with Crippen LogP contribution in [0, 0.1) is 6.92 Å². The topological polar surface area (TPSA) is 63.7 Å². The van der Waals surface area contributed by atoms with Gasteiger partial charge in [0.1, 0.15) is 5.60 Å². The molecule has 1 amide bonds. The molecule has 0 N–H and O–H groups in total. The van der Waals surface area contributed by atoms with Crippen LogP contribution in [0.3, 0.4) is 0 Å². The first kappa shape index (κ1) is 26.7. The molecule has 0 fully saturated rings. The monoisotopic (exact) mass is 471 g/mol. The largest absolute Gasteiger partial charge is 0.443 e. The first-order valence-electron chi connectivity index (χ1n) is 11.4. The molecule has 33 heavy (non-hydrogen) atoms. The predicted molar refractivity (Wildman–Crippen MR) is 134 cm³/mol. The summed E-state index contributed by atoms with van der Waals surface area (Å²) in [5.74, 6) is 0. The van der Waals surface area contributed by atoms with Crippen LogP contribution >= 0.6 is 0 Å². The number of allylic oxidation sites excluding steroid dienone is 1. The van der Waals surface area contributed by atoms with Crippen LogP contribution in [0.15, 0.2) is 71.6 Å². The van der Waals surface area contributed by atoms with Gasteiger partial charge >= 0.3 is 6.09 Å². The van der Waals surface area contributed by atoms with E-state index in [0.717, 1.165) is 34.7 Å². The maximum Gasteiger partial charge on any atom is 0.424 e. The van der Waals surface area contributed by atoms with Crippen molar-refractivity contribution in [2.24, 2.45) is 0 Å². The van der Waals surface area contributed by atoms with Crippen molar-refractivity contribution in [1.82, 2.24) is 4.31 Å². The third-order valence-corrected chi connectivity index (χ3v) is 7.19. The number of carbonyl (C=O) groups excluding carboxylic acids is 1. The van der Waals surface area contributed by atoms with Gasteiger partial charge in [-0.15, -0.1) is 0 Å². The molecule has 1 atom stereocenters. The molecule has 0 bridgehead atoms. The zero-order valence-electron chi connectivity index (χ0n) is 20.7. The number of aryl methyl sites for hydroxylation is 1. The fourth-order valence-electron chi connectivity index (χ4n) is 3.52. The van der Waals surface area contributed by atoms with Crippen LogP contribution in [0.5, 0.6) is 0 Å². The van der Waals surface area contributed by atoms with E-state index in [-0.39, 0.29) is 16.9 Å². The molecule has 6 heteroatoms. The summed E-state index contributed by atoms with van der Waals surface area (Å²) in [4.78, 5) is 13.0. The standard InChI is InChI=1S/C27H37NO4S/c1-7-8-19-27(6,23-13-10-9-11-14-23)20-12-21-28(25(29)32-26(3,4)5)33(30,31)24-17-15-22(2)16-18-24/h9-18,20H,7-8,19,21H2,1-6H3/b20-12+/t27-/m0/s1. The molecule has 0 radical (unpaired) electrons. The highest BCUT2D eigenvalue weighted by Gasteiger charge is 2.32. The van der Waals surface area contributed by atoms with Crippen LogP contribution < -0.4 is 0 Å². The number of hydrogen-bond donors (Lipinski definition) is 0. The van der Waals surface area contributed by atoms with Gasteiger partial charge in [-0.1, -0.05) is 86.9 Å². The normalized spacial score (nSPS) is 14.1. The van der Waals surface area contributed by atoms with Gasteiger partial charge < -0.3 is 4.74 Å². The summed E-state index contributed by atoms with van der Waals surface area (Å²) in [6.07, 6.45) is 5.90. The number of carbonyl (C=O) groups is 1. The molecule has 2 aromatic rings. The Hall–Kier alpha value is -2.60. The number of rotatable bonds is 9. The Bertz CT molecular complexity index is 1040. The molecule has 0 heterocycles. The summed E-state index contributed by atoms with van der Waals surface area (Å²) in [5, 5.41) is 0. The minimum Gasteiger partial charge on any atom is -0.443 e. The van der Waals surface area contributed by atoms with E-state index in [1.54, 1.807) is 39.0 Å². The minimum atomic E-state index is -4.08. The summed E-state index contributed by atoms with van der Waals surface area (Å²) < 4.78 is 33.0. The molecule has 0 aliphatic carbocycles. The van der Waals surface area contributed by atoms with Gasteiger partial charge in [0, 0.05) is 5.41 Å². The van der Waals surface area contributed by atoms with Crippen LogP contribution in [0.1, 0.15) is 65.0 Å². The molecule has 5 nitrogen and oxygen atoms in total. The van der Waals surface area contributed by atoms with Crippen molar-refractivity contribution >= 4 is 16.1 Å². The van der Waals surface area contributed by atoms with Crippen LogP contribution in [0.2, 0.25) is 0 Å². The minimum absolute atomic E-state index is 0.0594. The number of benzene rings is 2. The Morgan fingerprint density at radius 2 is 1.61 bits per heavy atom. The maximum atomic E-state index is 13.4. The summed E-state index contributed by atoms with van der Waals surface area (Å²) in [6, 6.07) is 16.6. The lowest BCUT2D eigenvalue weighted by Gasteiger charge is -2.28. The average Bonchev–Trinajstić information content (AvgIpc) is 2.75. The van der Waals surface area contributed by atoms with E-state index < -0.39 is 21.7 Å². The van der Waals surface area contributed by atoms with Crippen LogP contribution in [-0.2, 0) is 20.2 Å². The first-order valence-corrected chi connectivity index (χ1v) is 12.9. The fourth-order valence-corrected chi connectivity index (χ4v) is 4.77. The molecule has 0 saturated carbocycles. The molecule has 0 saturated heterocycles. The van der Waals surface area contributed by atoms with Gasteiger partial charge in [0.2, 0.25) is 0 Å². The molecular weight excluding hydrogens is 434 g/mol. The lowest BCUT2D eigenvalue weighted by Crippen LogP contribution is -2.41. The van der Waals surface area contributed by atoms with Crippen molar-refractivity contribution in [1.29, 1.82) is 0 Å². The maximum absolute atomic E-state index is 13.4. The van der Waals surface area contributed by atoms with Crippen molar-refractivity contribution in [2.75, 3.05) is 6.54 Å². The molecule has 0 aliphatic rings. The van der Waals surface area contributed by atoms with E-state index in [2.05, 4.69) is 26.0 Å². The highest BCUT2D eigenvalue weighted by molar-refractivity contribution is 7.89. The highest BCUT2D eigenvalue weighted by Crippen LogP contribution is 2.31. The molecule has 0 aliphatic heterocycles. The molecule has 0 unspecified atom stereocenters. The molecule has 0 spiro atoms. The second-order valence-corrected chi connectivity index (χ2v) is 11.5. The Balaban J connectivity index is 2.40. The Kier molecular flexibility index (Phi) is 8.89. The summed E-state index contributed by atoms with van der Waals surface area (Å²) in [6.45, 7) is 11.2. The van der Waals surface area contributed by atoms with E-state index in [9.17, 15) is 13.2 Å². The zero-order chi connectivity index (χ0) is 24.7. The molecule has 2 rings (SSSR count). The number of amides is 1. The Labute approximate surface area is 199 Å². The molecule has 0 aromatic heterocycles. The van der Waals surface area contributed by atoms with Crippen molar-refractivity contribution in [3.63, 3.8) is 0 Å². The van der Waals surface area contributed by atoms with Gasteiger partial charge in [0.05, 0.1) is 11.4 Å². The van der Waals surface area contributed by atoms with Gasteiger partial charge in [0.25, 0.3) is 10.0 Å². The van der Waals surface area contributed by atoms with Crippen LogP contribution in [0.25, 0.3) is 0 Å². The highest BCUT2D eigenvalue weighted by atomic mass is 32.2. The van der Waals surface area contributed by atoms with E-state index in [1.807, 2.05) is 31.2 Å². The SMILES string of the molecule is CCCC[C@@](C)(/C=C/CN(C(=O)OC(C)(C)C)S(=O)(=O)c1ccc(C)cc1)c1ccccc1. The zero-order valence-corrected chi connectivity index (χ0v) is 21.5. The predicted octanol–water partition coefficient (Wildman–Crippen LogP) is 6.63. The van der Waals surface area contributed by atoms with Crippen molar-refractivity contribution < 1.29 is 17.9 Å². The van der Waals surface area contributed by atoms with Gasteiger partial charge in [-0.2, -0.15) is 4.31 Å². The second kappa shape index (κ2) is 11.0. The lowest BCUT2D eigenvalue weighted by atomic mass is 9.78. The van der Waals surface area contributed by atoms with Crippen LogP contribution in [-0.4, -0.2) is 31.0 Å². The summed E-state index contributed by atoms with van der Waals surface area (Å²) in [5.41, 5.74) is 0.999. The molecule has 180 valence electrons. The quantitative estimate of drug-likeness (QED) is 0.385. The molecular formula is C27H37NO4S. The number of unbranched alkanes of at least 4 members (excludes halogenated alkanes) is 1. The third kappa shape index (κ3) is 7.46. The number of nitrogens with zero attached hydrogens (tertiary/aromatic N) is 1. The van der Waals surface area contributed by atoms with E-state index in [4.69, 9.17) is 4.74 Å². The van der Waals surface area contributed by atoms with Crippen molar-refractivity contribution in [2.45, 2.75) is 76.7 Å². The second-order valence-electron chi connectivity index (χ2n) is 9.62. The third-order valence-electron chi connectivity index (χ3n) is 5.45. The first-order chi connectivity index (χ1) is 15.4. The van der Waals surface area contributed by atoms with Gasteiger partial charge in [-0.25, -0.2) is 13.2 Å². The fraction of sp³-hybridized carbons (Fsp3) is 0.444. The van der Waals surface area contributed by atoms with E-state index in [1.165, 1.54) is 12.1 Å². The number of sulfonamides is 1. The van der Waals surface area contributed by atoms with Crippen molar-refractivity contribution in [3.8, 4) is 0 Å². The summed E-state index contributed by atoms with van der Waals surface area (Å²) >= 11 is 0. The average molecular weight is 472 g/mol. The van der Waals surface area contributed by atoms with Crippen LogP contribution in [0.4, 0.5) is 4.79 Å². The number of hydrogen-bond acceptors (Lipinski definition) is 4. The smallest absolute Gasteiger partial charge is 0.424 e. The van der Waals surface area contributed by atoms with Gasteiger partial charge in [-0.3, -0.25) is 0 Å². The summed E-state index contributed by atoms with van der Waals surface area (Å²) in [7, 11) is -4.08. The van der Waals surface area contributed by atoms with E-state index in [0.29, 0.717) is 0 Å². The van der Waals surface area contributed by atoms with Gasteiger partial charge in [-0.05, 0) is 51.8 Å². The van der Waals surface area contributed by atoms with Gasteiger partial charge in [0.15, 0.2) is 0 Å². The Morgan fingerprint density at radius 3 is 2.15 bits per heavy atom. The van der Waals surface area contributed by atoms with Crippen molar-refractivity contribution in [3.05, 3.63) is 77.9 Å². The lowest BCUT2D eigenvalue weighted by molar-refractivity contribution is 0.0404. The Morgan fingerprint density at radius 1 is 1.00 bits per heavy atom. The van der Waals surface area contributed by atoms with E-state index >= 15 is 0 Å². The number of ether oxygens (including phenoxy) is 1.